The summed E-state index contributed by atoms with van der Waals surface area (Å²) in [5, 5.41) is 3.64. The van der Waals surface area contributed by atoms with Crippen molar-refractivity contribution in [3.8, 4) is 0 Å². The fraction of sp³-hybridized carbons (Fsp3) is 0.684. The predicted molar refractivity (Wildman–Crippen MR) is 92.7 cm³/mol. The van der Waals surface area contributed by atoms with Crippen molar-refractivity contribution in [3.63, 3.8) is 0 Å². The summed E-state index contributed by atoms with van der Waals surface area (Å²) in [6, 6.07) is 12.0. The molecule has 2 fully saturated rings. The maximum Gasteiger partial charge on any atom is 0.0205 e. The molecule has 3 heteroatoms. The van der Waals surface area contributed by atoms with Gasteiger partial charge >= 0.3 is 0 Å². The summed E-state index contributed by atoms with van der Waals surface area (Å²) in [6.45, 7) is 4.75. The molecule has 3 nitrogen and oxygen atoms in total. The van der Waals surface area contributed by atoms with Crippen molar-refractivity contribution >= 4 is 0 Å². The van der Waals surface area contributed by atoms with Gasteiger partial charge in [-0.3, -0.25) is 0 Å². The average molecular weight is 301 g/mol. The van der Waals surface area contributed by atoms with Gasteiger partial charge in [0.25, 0.3) is 0 Å². The summed E-state index contributed by atoms with van der Waals surface area (Å²) in [7, 11) is 0. The van der Waals surface area contributed by atoms with Gasteiger partial charge in [0.1, 0.15) is 0 Å². The number of hydrogen-bond acceptors (Lipinski definition) is 3. The lowest BCUT2D eigenvalue weighted by molar-refractivity contribution is 0.102. The molecule has 22 heavy (non-hydrogen) atoms. The molecule has 3 rings (SSSR count). The number of nitrogens with two attached hydrogens (primary N) is 1. The van der Waals surface area contributed by atoms with E-state index in [9.17, 15) is 0 Å². The second kappa shape index (κ2) is 8.09. The highest BCUT2D eigenvalue weighted by Gasteiger charge is 2.27. The molecule has 0 aromatic heterocycles. The summed E-state index contributed by atoms with van der Waals surface area (Å²) in [4.78, 5) is 2.74. The Kier molecular flexibility index (Phi) is 5.88. The van der Waals surface area contributed by atoms with Crippen LogP contribution in [-0.2, 0) is 6.54 Å². The van der Waals surface area contributed by atoms with Crippen LogP contribution in [0.2, 0.25) is 0 Å². The van der Waals surface area contributed by atoms with E-state index >= 15 is 0 Å². The molecule has 1 heterocycles. The van der Waals surface area contributed by atoms with Gasteiger partial charge in [0.05, 0.1) is 0 Å². The molecular weight excluding hydrogens is 270 g/mol. The molecule has 0 bridgehead atoms. The highest BCUT2D eigenvalue weighted by molar-refractivity contribution is 5.14. The molecule has 1 saturated heterocycles. The van der Waals surface area contributed by atoms with Crippen molar-refractivity contribution < 1.29 is 0 Å². The van der Waals surface area contributed by atoms with Crippen molar-refractivity contribution in [1.29, 1.82) is 0 Å². The smallest absolute Gasteiger partial charge is 0.0205 e. The van der Waals surface area contributed by atoms with Gasteiger partial charge in [-0.25, -0.2) is 0 Å². The third-order valence-corrected chi connectivity index (χ3v) is 5.51. The molecule has 1 aromatic rings. The standard InChI is InChI=1S/C19H31N3/c20-18-6-8-19(9-7-18)22-12-10-17(11-13-22)15-21-14-16-4-2-1-3-5-16/h1-5,17-19,21H,6-15,20H2. The molecule has 0 amide bonds. The summed E-state index contributed by atoms with van der Waals surface area (Å²) in [6.07, 6.45) is 7.79. The Labute approximate surface area is 135 Å². The molecule has 1 aliphatic heterocycles. The molecule has 2 aliphatic rings. The Morgan fingerprint density at radius 2 is 1.64 bits per heavy atom. The summed E-state index contributed by atoms with van der Waals surface area (Å²) in [5.41, 5.74) is 7.41. The monoisotopic (exact) mass is 301 g/mol. The minimum atomic E-state index is 0.468. The first-order chi connectivity index (χ1) is 10.8. The number of rotatable bonds is 5. The quantitative estimate of drug-likeness (QED) is 0.878. The largest absolute Gasteiger partial charge is 0.328 e. The Morgan fingerprint density at radius 3 is 2.32 bits per heavy atom. The topological polar surface area (TPSA) is 41.3 Å². The molecule has 0 atom stereocenters. The van der Waals surface area contributed by atoms with Crippen LogP contribution in [0.3, 0.4) is 0 Å². The third-order valence-electron chi connectivity index (χ3n) is 5.51. The molecule has 3 N–H and O–H groups in total. The number of likely N-dealkylation sites (tertiary alicyclic amines) is 1. The maximum atomic E-state index is 6.02. The van der Waals surface area contributed by atoms with Crippen LogP contribution in [0.4, 0.5) is 0 Å². The highest BCUT2D eigenvalue weighted by Crippen LogP contribution is 2.26. The van der Waals surface area contributed by atoms with Crippen LogP contribution in [0.1, 0.15) is 44.1 Å². The zero-order valence-corrected chi connectivity index (χ0v) is 13.7. The number of nitrogens with zero attached hydrogens (tertiary/aromatic N) is 1. The molecule has 0 spiro atoms. The molecule has 1 aliphatic carbocycles. The van der Waals surface area contributed by atoms with Crippen LogP contribution in [0.25, 0.3) is 0 Å². The molecule has 1 aromatic carbocycles. The van der Waals surface area contributed by atoms with E-state index in [4.69, 9.17) is 5.73 Å². The molecule has 1 saturated carbocycles. The lowest BCUT2D eigenvalue weighted by atomic mass is 9.88. The van der Waals surface area contributed by atoms with E-state index in [-0.39, 0.29) is 0 Å². The minimum Gasteiger partial charge on any atom is -0.328 e. The van der Waals surface area contributed by atoms with Crippen molar-refractivity contribution in [2.75, 3.05) is 19.6 Å². The van der Waals surface area contributed by atoms with E-state index in [1.807, 2.05) is 0 Å². The maximum absolute atomic E-state index is 6.02. The normalized spacial score (nSPS) is 27.9. The van der Waals surface area contributed by atoms with Crippen molar-refractivity contribution in [3.05, 3.63) is 35.9 Å². The van der Waals surface area contributed by atoms with Gasteiger partial charge in [0.2, 0.25) is 0 Å². The molecule has 122 valence electrons. The van der Waals surface area contributed by atoms with Gasteiger partial charge in [-0.05, 0) is 69.6 Å². The van der Waals surface area contributed by atoms with Crippen LogP contribution in [0.15, 0.2) is 30.3 Å². The fourth-order valence-electron chi connectivity index (χ4n) is 4.01. The zero-order valence-electron chi connectivity index (χ0n) is 13.7. The summed E-state index contributed by atoms with van der Waals surface area (Å²) < 4.78 is 0. The molecular formula is C19H31N3. The summed E-state index contributed by atoms with van der Waals surface area (Å²) >= 11 is 0. The Morgan fingerprint density at radius 1 is 0.955 bits per heavy atom. The van der Waals surface area contributed by atoms with Gasteiger partial charge in [0, 0.05) is 18.6 Å². The highest BCUT2D eigenvalue weighted by atomic mass is 15.2. The van der Waals surface area contributed by atoms with Gasteiger partial charge in [-0.15, -0.1) is 0 Å². The fourth-order valence-corrected chi connectivity index (χ4v) is 4.01. The van der Waals surface area contributed by atoms with E-state index < -0.39 is 0 Å². The second-order valence-corrected chi connectivity index (χ2v) is 7.16. The van der Waals surface area contributed by atoms with Gasteiger partial charge in [-0.1, -0.05) is 30.3 Å². The van der Waals surface area contributed by atoms with Crippen LogP contribution in [-0.4, -0.2) is 36.6 Å². The molecule has 0 unspecified atom stereocenters. The van der Waals surface area contributed by atoms with E-state index in [1.165, 1.54) is 57.2 Å². The zero-order chi connectivity index (χ0) is 15.2. The van der Waals surface area contributed by atoms with E-state index in [0.717, 1.165) is 25.0 Å². The van der Waals surface area contributed by atoms with Crippen molar-refractivity contribution in [2.45, 2.75) is 57.2 Å². The number of piperidine rings is 1. The first kappa shape index (κ1) is 16.0. The van der Waals surface area contributed by atoms with Gasteiger partial charge < -0.3 is 16.0 Å². The lowest BCUT2D eigenvalue weighted by Gasteiger charge is -2.40. The Hall–Kier alpha value is -0.900. The number of nitrogens with one attached hydrogen (secondary N) is 1. The first-order valence-corrected chi connectivity index (χ1v) is 9.05. The van der Waals surface area contributed by atoms with E-state index in [2.05, 4.69) is 40.5 Å². The second-order valence-electron chi connectivity index (χ2n) is 7.16. The van der Waals surface area contributed by atoms with Gasteiger partial charge in [0.15, 0.2) is 0 Å². The van der Waals surface area contributed by atoms with Crippen LogP contribution >= 0.6 is 0 Å². The molecule has 0 radical (unpaired) electrons. The van der Waals surface area contributed by atoms with Crippen molar-refractivity contribution in [2.24, 2.45) is 11.7 Å². The SMILES string of the molecule is NC1CCC(N2CCC(CNCc3ccccc3)CC2)CC1. The summed E-state index contributed by atoms with van der Waals surface area (Å²) in [5.74, 6) is 0.853. The minimum absolute atomic E-state index is 0.468. The lowest BCUT2D eigenvalue weighted by Crippen LogP contribution is -2.45. The van der Waals surface area contributed by atoms with Crippen LogP contribution in [0.5, 0.6) is 0 Å². The number of hydrogen-bond donors (Lipinski definition) is 2. The third kappa shape index (κ3) is 4.55. The average Bonchev–Trinajstić information content (AvgIpc) is 2.57. The Balaban J connectivity index is 1.33. The first-order valence-electron chi connectivity index (χ1n) is 9.05. The van der Waals surface area contributed by atoms with E-state index in [0.29, 0.717) is 6.04 Å². The van der Waals surface area contributed by atoms with Crippen molar-refractivity contribution in [1.82, 2.24) is 10.2 Å². The Bertz CT molecular complexity index is 418. The van der Waals surface area contributed by atoms with Crippen LogP contribution in [0, 0.1) is 5.92 Å². The number of benzene rings is 1. The van der Waals surface area contributed by atoms with Crippen LogP contribution < -0.4 is 11.1 Å². The predicted octanol–water partition coefficient (Wildman–Crippen LogP) is 2.76. The van der Waals surface area contributed by atoms with Gasteiger partial charge in [-0.2, -0.15) is 0 Å². The van der Waals surface area contributed by atoms with E-state index in [1.54, 1.807) is 0 Å².